The first-order valence-corrected chi connectivity index (χ1v) is 7.78. The number of hydrogen-bond donors (Lipinski definition) is 1. The number of benzene rings is 1. The SMILES string of the molecule is CCC(S)C(CC(C)C)C(C)Cc1ccccc1. The van der Waals surface area contributed by atoms with Crippen LogP contribution in [-0.2, 0) is 6.42 Å². The van der Waals surface area contributed by atoms with Crippen LogP contribution in [0.3, 0.4) is 0 Å². The maximum atomic E-state index is 4.81. The van der Waals surface area contributed by atoms with Crippen molar-refractivity contribution < 1.29 is 0 Å². The fourth-order valence-electron chi connectivity index (χ4n) is 2.75. The van der Waals surface area contributed by atoms with Gasteiger partial charge in [-0.15, -0.1) is 0 Å². The Balaban J connectivity index is 2.67. The molecule has 0 amide bonds. The van der Waals surface area contributed by atoms with Crippen molar-refractivity contribution in [1.82, 2.24) is 0 Å². The highest BCUT2D eigenvalue weighted by atomic mass is 32.1. The van der Waals surface area contributed by atoms with Gasteiger partial charge in [0, 0.05) is 5.25 Å². The molecule has 1 rings (SSSR count). The Kier molecular flexibility index (Phi) is 6.85. The van der Waals surface area contributed by atoms with E-state index in [1.807, 2.05) is 0 Å². The fraction of sp³-hybridized carbons (Fsp3) is 0.647. The largest absolute Gasteiger partial charge is 0.176 e. The maximum absolute atomic E-state index is 4.81. The standard InChI is InChI=1S/C17H28S/c1-5-17(18)16(11-13(2)3)14(4)12-15-9-7-6-8-10-15/h6-10,13-14,16-18H,5,11-12H2,1-4H3. The first kappa shape index (κ1) is 15.6. The molecule has 0 saturated heterocycles. The molecule has 1 aromatic carbocycles. The van der Waals surface area contributed by atoms with Crippen LogP contribution < -0.4 is 0 Å². The number of rotatable bonds is 7. The molecule has 3 atom stereocenters. The highest BCUT2D eigenvalue weighted by Crippen LogP contribution is 2.31. The van der Waals surface area contributed by atoms with Gasteiger partial charge in [-0.3, -0.25) is 0 Å². The van der Waals surface area contributed by atoms with Gasteiger partial charge in [-0.2, -0.15) is 12.6 Å². The molecule has 102 valence electrons. The lowest BCUT2D eigenvalue weighted by molar-refractivity contribution is 0.286. The highest BCUT2D eigenvalue weighted by molar-refractivity contribution is 7.81. The average molecular weight is 264 g/mol. The van der Waals surface area contributed by atoms with Crippen LogP contribution in [0.15, 0.2) is 30.3 Å². The van der Waals surface area contributed by atoms with Gasteiger partial charge in [-0.05, 0) is 42.6 Å². The van der Waals surface area contributed by atoms with Crippen LogP contribution in [0.25, 0.3) is 0 Å². The van der Waals surface area contributed by atoms with Gasteiger partial charge < -0.3 is 0 Å². The summed E-state index contributed by atoms with van der Waals surface area (Å²) < 4.78 is 0. The molecule has 0 aliphatic heterocycles. The third-order valence-electron chi connectivity index (χ3n) is 3.79. The van der Waals surface area contributed by atoms with Gasteiger partial charge in [-0.1, -0.05) is 58.0 Å². The normalized spacial score (nSPS) is 16.6. The van der Waals surface area contributed by atoms with Gasteiger partial charge in [0.2, 0.25) is 0 Å². The van der Waals surface area contributed by atoms with Gasteiger partial charge in [0.05, 0.1) is 0 Å². The second-order valence-electron chi connectivity index (χ2n) is 5.94. The van der Waals surface area contributed by atoms with Crippen molar-refractivity contribution in [2.75, 3.05) is 0 Å². The molecular formula is C17H28S. The molecule has 0 heterocycles. The Labute approximate surface area is 119 Å². The van der Waals surface area contributed by atoms with E-state index in [2.05, 4.69) is 58.0 Å². The lowest BCUT2D eigenvalue weighted by Crippen LogP contribution is -2.25. The van der Waals surface area contributed by atoms with Crippen molar-refractivity contribution in [3.05, 3.63) is 35.9 Å². The average Bonchev–Trinajstić information content (AvgIpc) is 2.36. The van der Waals surface area contributed by atoms with Crippen LogP contribution in [0.2, 0.25) is 0 Å². The van der Waals surface area contributed by atoms with E-state index in [0.29, 0.717) is 11.2 Å². The number of hydrogen-bond acceptors (Lipinski definition) is 1. The van der Waals surface area contributed by atoms with E-state index in [4.69, 9.17) is 12.6 Å². The van der Waals surface area contributed by atoms with Crippen LogP contribution in [0.1, 0.15) is 46.1 Å². The molecule has 0 nitrogen and oxygen atoms in total. The summed E-state index contributed by atoms with van der Waals surface area (Å²) in [6.45, 7) is 9.27. The summed E-state index contributed by atoms with van der Waals surface area (Å²) in [7, 11) is 0. The van der Waals surface area contributed by atoms with E-state index in [-0.39, 0.29) is 0 Å². The summed E-state index contributed by atoms with van der Waals surface area (Å²) in [5, 5.41) is 0.533. The third-order valence-corrected chi connectivity index (χ3v) is 4.54. The quantitative estimate of drug-likeness (QED) is 0.640. The zero-order chi connectivity index (χ0) is 13.5. The molecule has 1 heteroatoms. The molecule has 0 aromatic heterocycles. The van der Waals surface area contributed by atoms with Crippen LogP contribution in [0, 0.1) is 17.8 Å². The second-order valence-corrected chi connectivity index (χ2v) is 6.60. The summed E-state index contributed by atoms with van der Waals surface area (Å²) >= 11 is 4.81. The molecule has 0 radical (unpaired) electrons. The van der Waals surface area contributed by atoms with Crippen LogP contribution in [0.4, 0.5) is 0 Å². The lowest BCUT2D eigenvalue weighted by atomic mass is 9.80. The minimum Gasteiger partial charge on any atom is -0.176 e. The topological polar surface area (TPSA) is 0 Å². The maximum Gasteiger partial charge on any atom is 0.00452 e. The minimum atomic E-state index is 0.533. The van der Waals surface area contributed by atoms with Crippen molar-refractivity contribution in [2.45, 2.75) is 52.2 Å². The van der Waals surface area contributed by atoms with Crippen molar-refractivity contribution in [2.24, 2.45) is 17.8 Å². The second kappa shape index (κ2) is 7.89. The molecule has 0 bridgehead atoms. The van der Waals surface area contributed by atoms with Crippen molar-refractivity contribution in [3.8, 4) is 0 Å². The Morgan fingerprint density at radius 2 is 1.67 bits per heavy atom. The molecule has 0 fully saturated rings. The van der Waals surface area contributed by atoms with Gasteiger partial charge in [0.15, 0.2) is 0 Å². The van der Waals surface area contributed by atoms with Crippen LogP contribution >= 0.6 is 12.6 Å². The third kappa shape index (κ3) is 5.06. The fourth-order valence-corrected chi connectivity index (χ4v) is 3.17. The summed E-state index contributed by atoms with van der Waals surface area (Å²) in [5.74, 6) is 2.19. The molecule has 18 heavy (non-hydrogen) atoms. The Bertz CT molecular complexity index is 318. The highest BCUT2D eigenvalue weighted by Gasteiger charge is 2.24. The first-order valence-electron chi connectivity index (χ1n) is 7.26. The van der Waals surface area contributed by atoms with E-state index in [9.17, 15) is 0 Å². The predicted molar refractivity (Wildman–Crippen MR) is 85.3 cm³/mol. The van der Waals surface area contributed by atoms with Crippen LogP contribution in [0.5, 0.6) is 0 Å². The van der Waals surface area contributed by atoms with E-state index >= 15 is 0 Å². The molecular weight excluding hydrogens is 236 g/mol. The zero-order valence-corrected chi connectivity index (χ0v) is 13.2. The van der Waals surface area contributed by atoms with E-state index in [1.165, 1.54) is 24.8 Å². The first-order chi connectivity index (χ1) is 8.54. The van der Waals surface area contributed by atoms with Gasteiger partial charge in [-0.25, -0.2) is 0 Å². The monoisotopic (exact) mass is 264 g/mol. The van der Waals surface area contributed by atoms with Crippen molar-refractivity contribution >= 4 is 12.6 Å². The summed E-state index contributed by atoms with van der Waals surface area (Å²) in [6, 6.07) is 10.8. The molecule has 0 aliphatic carbocycles. The molecule has 0 aliphatic rings. The molecule has 0 saturated carbocycles. The molecule has 0 N–H and O–H groups in total. The lowest BCUT2D eigenvalue weighted by Gasteiger charge is -2.30. The summed E-state index contributed by atoms with van der Waals surface area (Å²) in [5.41, 5.74) is 1.45. The molecule has 1 aromatic rings. The molecule has 0 spiro atoms. The number of thiol groups is 1. The Hall–Kier alpha value is -0.430. The minimum absolute atomic E-state index is 0.533. The van der Waals surface area contributed by atoms with Crippen LogP contribution in [-0.4, -0.2) is 5.25 Å². The van der Waals surface area contributed by atoms with E-state index in [0.717, 1.165) is 11.8 Å². The van der Waals surface area contributed by atoms with Crippen molar-refractivity contribution in [3.63, 3.8) is 0 Å². The smallest absolute Gasteiger partial charge is 0.00452 e. The summed E-state index contributed by atoms with van der Waals surface area (Å²) in [4.78, 5) is 0. The van der Waals surface area contributed by atoms with Gasteiger partial charge in [0.1, 0.15) is 0 Å². The summed E-state index contributed by atoms with van der Waals surface area (Å²) in [6.07, 6.45) is 3.63. The van der Waals surface area contributed by atoms with Gasteiger partial charge in [0.25, 0.3) is 0 Å². The van der Waals surface area contributed by atoms with E-state index in [1.54, 1.807) is 0 Å². The van der Waals surface area contributed by atoms with E-state index < -0.39 is 0 Å². The zero-order valence-electron chi connectivity index (χ0n) is 12.3. The van der Waals surface area contributed by atoms with Gasteiger partial charge >= 0.3 is 0 Å². The molecule has 3 unspecified atom stereocenters. The van der Waals surface area contributed by atoms with Crippen molar-refractivity contribution in [1.29, 1.82) is 0 Å². The predicted octanol–water partition coefficient (Wildman–Crippen LogP) is 5.24. The Morgan fingerprint density at radius 1 is 1.06 bits per heavy atom. The Morgan fingerprint density at radius 3 is 2.17 bits per heavy atom.